The molecular formula is C8H13O4. The lowest BCUT2D eigenvalue weighted by atomic mass is 10.4. The Bertz CT molecular complexity index is 144. The maximum atomic E-state index is 10.8. The highest BCUT2D eigenvalue weighted by Crippen LogP contribution is 1.96. The van der Waals surface area contributed by atoms with Crippen LogP contribution in [-0.4, -0.2) is 31.6 Å². The summed E-state index contributed by atoms with van der Waals surface area (Å²) in [5, 5.41) is 0. The largest absolute Gasteiger partial charge is 0.346 e. The molecule has 0 aromatic rings. The molecule has 0 aliphatic heterocycles. The molecule has 4 nitrogen and oxygen atoms in total. The SMILES string of the molecule is CCOC(OCC[C]=O)C(C)=O. The molecule has 0 aliphatic carbocycles. The number of Topliss-reactive ketones (excluding diaryl/α,β-unsaturated/α-hetero) is 1. The molecule has 0 saturated carbocycles. The van der Waals surface area contributed by atoms with Crippen LogP contribution in [0.4, 0.5) is 0 Å². The first-order valence-electron chi connectivity index (χ1n) is 3.81. The van der Waals surface area contributed by atoms with Gasteiger partial charge in [-0.1, -0.05) is 0 Å². The van der Waals surface area contributed by atoms with Crippen molar-refractivity contribution in [3.05, 3.63) is 0 Å². The van der Waals surface area contributed by atoms with Gasteiger partial charge in [0, 0.05) is 13.0 Å². The first kappa shape index (κ1) is 11.3. The topological polar surface area (TPSA) is 52.6 Å². The molecule has 69 valence electrons. The summed E-state index contributed by atoms with van der Waals surface area (Å²) in [6, 6.07) is 0. The second-order valence-electron chi connectivity index (χ2n) is 2.16. The average molecular weight is 173 g/mol. The van der Waals surface area contributed by atoms with Crippen molar-refractivity contribution in [2.45, 2.75) is 26.6 Å². The Morgan fingerprint density at radius 1 is 1.50 bits per heavy atom. The van der Waals surface area contributed by atoms with Crippen molar-refractivity contribution in [1.29, 1.82) is 0 Å². The average Bonchev–Trinajstić information content (AvgIpc) is 2.03. The molecule has 12 heavy (non-hydrogen) atoms. The Hall–Kier alpha value is -0.740. The van der Waals surface area contributed by atoms with Gasteiger partial charge < -0.3 is 9.47 Å². The summed E-state index contributed by atoms with van der Waals surface area (Å²) in [7, 11) is 0. The van der Waals surface area contributed by atoms with Crippen molar-refractivity contribution < 1.29 is 19.1 Å². The molecule has 1 atom stereocenters. The van der Waals surface area contributed by atoms with Gasteiger partial charge >= 0.3 is 0 Å². The van der Waals surface area contributed by atoms with E-state index in [0.717, 1.165) is 0 Å². The van der Waals surface area contributed by atoms with Gasteiger partial charge in [0.15, 0.2) is 5.78 Å². The smallest absolute Gasteiger partial charge is 0.217 e. The second-order valence-corrected chi connectivity index (χ2v) is 2.16. The molecule has 0 aliphatic rings. The summed E-state index contributed by atoms with van der Waals surface area (Å²) in [5.74, 6) is -0.192. The van der Waals surface area contributed by atoms with Crippen LogP contribution in [0.2, 0.25) is 0 Å². The molecule has 0 saturated heterocycles. The maximum absolute atomic E-state index is 10.8. The van der Waals surface area contributed by atoms with Gasteiger partial charge in [-0.05, 0) is 13.8 Å². The van der Waals surface area contributed by atoms with Crippen LogP contribution in [0.25, 0.3) is 0 Å². The van der Waals surface area contributed by atoms with Gasteiger partial charge in [0.05, 0.1) is 6.61 Å². The van der Waals surface area contributed by atoms with Crippen molar-refractivity contribution in [3.63, 3.8) is 0 Å². The molecule has 0 fully saturated rings. The predicted molar refractivity (Wildman–Crippen MR) is 42.4 cm³/mol. The summed E-state index contributed by atoms with van der Waals surface area (Å²) in [6.07, 6.45) is 0.996. The van der Waals surface area contributed by atoms with Gasteiger partial charge in [-0.2, -0.15) is 0 Å². The van der Waals surface area contributed by atoms with Crippen LogP contribution in [0.1, 0.15) is 20.3 Å². The minimum Gasteiger partial charge on any atom is -0.346 e. The molecule has 4 heteroatoms. The van der Waals surface area contributed by atoms with E-state index in [1.807, 2.05) is 0 Å². The fourth-order valence-electron chi connectivity index (χ4n) is 0.642. The van der Waals surface area contributed by atoms with Gasteiger partial charge in [0.1, 0.15) is 0 Å². The Morgan fingerprint density at radius 3 is 2.58 bits per heavy atom. The van der Waals surface area contributed by atoms with E-state index < -0.39 is 6.29 Å². The van der Waals surface area contributed by atoms with Crippen molar-refractivity contribution >= 4 is 12.1 Å². The zero-order valence-electron chi connectivity index (χ0n) is 7.33. The van der Waals surface area contributed by atoms with Gasteiger partial charge in [0.2, 0.25) is 12.6 Å². The van der Waals surface area contributed by atoms with E-state index in [9.17, 15) is 9.59 Å². The maximum Gasteiger partial charge on any atom is 0.217 e. The van der Waals surface area contributed by atoms with E-state index in [1.165, 1.54) is 6.92 Å². The first-order valence-corrected chi connectivity index (χ1v) is 3.81. The molecule has 0 bridgehead atoms. The normalized spacial score (nSPS) is 12.5. The molecule has 0 amide bonds. The first-order chi connectivity index (χ1) is 5.72. The summed E-state index contributed by atoms with van der Waals surface area (Å²) in [4.78, 5) is 20.6. The fourth-order valence-corrected chi connectivity index (χ4v) is 0.642. The molecule has 0 aromatic heterocycles. The van der Waals surface area contributed by atoms with Crippen molar-refractivity contribution in [2.24, 2.45) is 0 Å². The molecule has 0 N–H and O–H groups in total. The zero-order valence-corrected chi connectivity index (χ0v) is 7.33. The lowest BCUT2D eigenvalue weighted by Gasteiger charge is -2.13. The zero-order chi connectivity index (χ0) is 9.40. The van der Waals surface area contributed by atoms with Gasteiger partial charge in [-0.25, -0.2) is 0 Å². The minimum absolute atomic E-state index is 0.164. The minimum atomic E-state index is -0.830. The summed E-state index contributed by atoms with van der Waals surface area (Å²) < 4.78 is 9.90. The number of carbonyl (C=O) groups excluding carboxylic acids is 2. The third-order valence-corrected chi connectivity index (χ3v) is 1.12. The lowest BCUT2D eigenvalue weighted by Crippen LogP contribution is -2.25. The van der Waals surface area contributed by atoms with Crippen molar-refractivity contribution in [1.82, 2.24) is 0 Å². The fraction of sp³-hybridized carbons (Fsp3) is 0.750. The number of carbonyl (C=O) groups is 1. The molecule has 0 spiro atoms. The Balaban J connectivity index is 3.63. The summed E-state index contributed by atoms with van der Waals surface area (Å²) in [5.41, 5.74) is 0. The molecule has 1 radical (unpaired) electrons. The third-order valence-electron chi connectivity index (χ3n) is 1.12. The molecule has 1 unspecified atom stereocenters. The Kier molecular flexibility index (Phi) is 6.51. The molecule has 0 heterocycles. The number of hydrogen-bond acceptors (Lipinski definition) is 4. The number of ether oxygens (including phenoxy) is 2. The van der Waals surface area contributed by atoms with Crippen LogP contribution in [0, 0.1) is 0 Å². The van der Waals surface area contributed by atoms with Crippen molar-refractivity contribution in [2.75, 3.05) is 13.2 Å². The number of rotatable bonds is 7. The highest BCUT2D eigenvalue weighted by molar-refractivity contribution is 5.79. The van der Waals surface area contributed by atoms with E-state index in [1.54, 1.807) is 13.2 Å². The highest BCUT2D eigenvalue weighted by atomic mass is 16.7. The molecule has 0 rings (SSSR count). The van der Waals surface area contributed by atoms with Crippen LogP contribution in [0.15, 0.2) is 0 Å². The summed E-state index contributed by atoms with van der Waals surface area (Å²) >= 11 is 0. The van der Waals surface area contributed by atoms with E-state index in [4.69, 9.17) is 9.47 Å². The van der Waals surface area contributed by atoms with E-state index in [0.29, 0.717) is 6.61 Å². The number of ketones is 1. The van der Waals surface area contributed by atoms with Crippen LogP contribution in [-0.2, 0) is 19.1 Å². The van der Waals surface area contributed by atoms with Crippen LogP contribution in [0.3, 0.4) is 0 Å². The van der Waals surface area contributed by atoms with Gasteiger partial charge in [-0.15, -0.1) is 0 Å². The quantitative estimate of drug-likeness (QED) is 0.414. The van der Waals surface area contributed by atoms with Crippen LogP contribution in [0.5, 0.6) is 0 Å². The number of hydrogen-bond donors (Lipinski definition) is 0. The summed E-state index contributed by atoms with van der Waals surface area (Å²) in [6.45, 7) is 3.74. The second kappa shape index (κ2) is 6.94. The lowest BCUT2D eigenvalue weighted by molar-refractivity contribution is -0.166. The predicted octanol–water partition coefficient (Wildman–Crippen LogP) is 0.454. The Labute approximate surface area is 71.8 Å². The van der Waals surface area contributed by atoms with E-state index >= 15 is 0 Å². The van der Waals surface area contributed by atoms with Crippen LogP contribution < -0.4 is 0 Å². The van der Waals surface area contributed by atoms with E-state index in [-0.39, 0.29) is 18.8 Å². The Morgan fingerprint density at radius 2 is 2.17 bits per heavy atom. The molecular weight excluding hydrogens is 160 g/mol. The van der Waals surface area contributed by atoms with Crippen LogP contribution >= 0.6 is 0 Å². The third kappa shape index (κ3) is 4.98. The standard InChI is InChI=1S/C8H13O4/c1-3-11-8(7(2)10)12-6-4-5-9/h8H,3-4,6H2,1-2H3. The molecule has 0 aromatic carbocycles. The van der Waals surface area contributed by atoms with E-state index in [2.05, 4.69) is 0 Å². The van der Waals surface area contributed by atoms with Gasteiger partial charge in [-0.3, -0.25) is 9.59 Å². The van der Waals surface area contributed by atoms with Crippen molar-refractivity contribution in [3.8, 4) is 0 Å². The highest BCUT2D eigenvalue weighted by Gasteiger charge is 2.13. The van der Waals surface area contributed by atoms with Gasteiger partial charge in [0.25, 0.3) is 0 Å². The monoisotopic (exact) mass is 173 g/mol.